The molecule has 0 unspecified atom stereocenters. The number of hydrogen-bond acceptors (Lipinski definition) is 3. The molecule has 1 amide bonds. The van der Waals surface area contributed by atoms with Gasteiger partial charge in [-0.25, -0.2) is 9.18 Å². The summed E-state index contributed by atoms with van der Waals surface area (Å²) in [6, 6.07) is 3.22. The van der Waals surface area contributed by atoms with Crippen LogP contribution in [0.25, 0.3) is 0 Å². The SMILES string of the molecule is O=C1CO[C@H](c2ccc(Cl)cc2F)[C@@H](NC(=O)O)C1. The zero-order chi connectivity index (χ0) is 14.0. The third-order valence-corrected chi connectivity index (χ3v) is 3.05. The second kappa shape index (κ2) is 5.54. The van der Waals surface area contributed by atoms with E-state index in [1.807, 2.05) is 0 Å². The van der Waals surface area contributed by atoms with Crippen LogP contribution in [0.15, 0.2) is 18.2 Å². The van der Waals surface area contributed by atoms with Crippen LogP contribution in [-0.2, 0) is 9.53 Å². The molecule has 1 aromatic rings. The Labute approximate surface area is 113 Å². The van der Waals surface area contributed by atoms with Gasteiger partial charge in [0.1, 0.15) is 18.5 Å². The zero-order valence-corrected chi connectivity index (χ0v) is 10.5. The van der Waals surface area contributed by atoms with Crippen LogP contribution in [0.4, 0.5) is 9.18 Å². The first kappa shape index (κ1) is 13.8. The summed E-state index contributed by atoms with van der Waals surface area (Å²) in [6.45, 7) is -0.162. The number of hydrogen-bond donors (Lipinski definition) is 2. The summed E-state index contributed by atoms with van der Waals surface area (Å²) in [5.74, 6) is -0.826. The van der Waals surface area contributed by atoms with E-state index in [0.717, 1.165) is 6.07 Å². The van der Waals surface area contributed by atoms with Gasteiger partial charge in [-0.3, -0.25) is 4.79 Å². The van der Waals surface area contributed by atoms with Gasteiger partial charge in [-0.05, 0) is 12.1 Å². The first-order valence-electron chi connectivity index (χ1n) is 5.55. The molecule has 0 spiro atoms. The van der Waals surface area contributed by atoms with Crippen molar-refractivity contribution in [2.75, 3.05) is 6.61 Å². The van der Waals surface area contributed by atoms with Crippen molar-refractivity contribution in [2.24, 2.45) is 0 Å². The molecule has 2 atom stereocenters. The molecule has 1 aliphatic heterocycles. The predicted octanol–water partition coefficient (Wildman–Crippen LogP) is 2.15. The number of carbonyl (C=O) groups is 2. The molecule has 1 saturated heterocycles. The Hall–Kier alpha value is -1.66. The van der Waals surface area contributed by atoms with Crippen molar-refractivity contribution < 1.29 is 23.8 Å². The van der Waals surface area contributed by atoms with Gasteiger partial charge >= 0.3 is 6.09 Å². The Balaban J connectivity index is 2.28. The second-order valence-corrected chi connectivity index (χ2v) is 4.63. The fraction of sp³-hybridized carbons (Fsp3) is 0.333. The average molecular weight is 288 g/mol. The Kier molecular flexibility index (Phi) is 4.01. The largest absolute Gasteiger partial charge is 0.465 e. The third kappa shape index (κ3) is 3.21. The van der Waals surface area contributed by atoms with E-state index in [1.165, 1.54) is 12.1 Å². The Morgan fingerprint density at radius 2 is 2.26 bits per heavy atom. The van der Waals surface area contributed by atoms with Gasteiger partial charge in [0.05, 0.1) is 6.04 Å². The van der Waals surface area contributed by atoms with Gasteiger partial charge in [-0.15, -0.1) is 0 Å². The highest BCUT2D eigenvalue weighted by molar-refractivity contribution is 6.30. The summed E-state index contributed by atoms with van der Waals surface area (Å²) < 4.78 is 19.1. The van der Waals surface area contributed by atoms with Gasteiger partial charge in [0.15, 0.2) is 5.78 Å². The van der Waals surface area contributed by atoms with E-state index in [1.54, 1.807) is 0 Å². The van der Waals surface area contributed by atoms with Gasteiger partial charge in [-0.2, -0.15) is 0 Å². The summed E-state index contributed by atoms with van der Waals surface area (Å²) >= 11 is 5.66. The second-order valence-electron chi connectivity index (χ2n) is 4.20. The molecular weight excluding hydrogens is 277 g/mol. The lowest BCUT2D eigenvalue weighted by Crippen LogP contribution is -2.45. The van der Waals surface area contributed by atoms with E-state index in [9.17, 15) is 14.0 Å². The monoisotopic (exact) mass is 287 g/mol. The van der Waals surface area contributed by atoms with Gasteiger partial charge in [0.25, 0.3) is 0 Å². The van der Waals surface area contributed by atoms with E-state index in [0.29, 0.717) is 0 Å². The Morgan fingerprint density at radius 3 is 2.89 bits per heavy atom. The lowest BCUT2D eigenvalue weighted by Gasteiger charge is -2.31. The molecular formula is C12H11ClFNO4. The minimum Gasteiger partial charge on any atom is -0.465 e. The number of ether oxygens (including phenoxy) is 1. The molecule has 0 aliphatic carbocycles. The highest BCUT2D eigenvalue weighted by atomic mass is 35.5. The minimum atomic E-state index is -1.29. The number of nitrogens with one attached hydrogen (secondary N) is 1. The van der Waals surface area contributed by atoms with Crippen LogP contribution < -0.4 is 5.32 Å². The van der Waals surface area contributed by atoms with Gasteiger partial charge in [-0.1, -0.05) is 17.7 Å². The van der Waals surface area contributed by atoms with E-state index >= 15 is 0 Å². The number of carbonyl (C=O) groups excluding carboxylic acids is 1. The average Bonchev–Trinajstić information content (AvgIpc) is 2.30. The third-order valence-electron chi connectivity index (χ3n) is 2.81. The van der Waals surface area contributed by atoms with E-state index in [-0.39, 0.29) is 29.4 Å². The Bertz CT molecular complexity index is 520. The summed E-state index contributed by atoms with van der Waals surface area (Å²) in [5, 5.41) is 11.1. The maximum absolute atomic E-state index is 13.8. The van der Waals surface area contributed by atoms with Crippen LogP contribution in [0.1, 0.15) is 18.1 Å². The number of halogens is 2. The number of ketones is 1. The molecule has 0 bridgehead atoms. The smallest absolute Gasteiger partial charge is 0.404 e. The maximum atomic E-state index is 13.8. The number of amides is 1. The molecule has 5 nitrogen and oxygen atoms in total. The number of rotatable bonds is 2. The van der Waals surface area contributed by atoms with Crippen molar-refractivity contribution in [1.82, 2.24) is 5.32 Å². The van der Waals surface area contributed by atoms with Gasteiger partial charge in [0, 0.05) is 17.0 Å². The molecule has 0 saturated carbocycles. The van der Waals surface area contributed by atoms with E-state index in [4.69, 9.17) is 21.4 Å². The molecule has 1 heterocycles. The van der Waals surface area contributed by atoms with Gasteiger partial charge < -0.3 is 15.2 Å². The molecule has 2 rings (SSSR count). The molecule has 0 aromatic heterocycles. The summed E-state index contributed by atoms with van der Waals surface area (Å²) in [7, 11) is 0. The molecule has 102 valence electrons. The van der Waals surface area contributed by atoms with Gasteiger partial charge in [0.2, 0.25) is 0 Å². The Morgan fingerprint density at radius 1 is 1.53 bits per heavy atom. The normalized spacial score (nSPS) is 23.2. The zero-order valence-electron chi connectivity index (χ0n) is 9.73. The first-order chi connectivity index (χ1) is 8.97. The van der Waals surface area contributed by atoms with Crippen LogP contribution in [0, 0.1) is 5.82 Å². The molecule has 1 aromatic carbocycles. The topological polar surface area (TPSA) is 75.6 Å². The van der Waals surface area contributed by atoms with Crippen molar-refractivity contribution in [3.8, 4) is 0 Å². The van der Waals surface area contributed by atoms with Crippen LogP contribution in [0.3, 0.4) is 0 Å². The highest BCUT2D eigenvalue weighted by Crippen LogP contribution is 2.30. The van der Waals surface area contributed by atoms with Crippen LogP contribution in [0.2, 0.25) is 5.02 Å². The van der Waals surface area contributed by atoms with Crippen LogP contribution in [-0.4, -0.2) is 29.6 Å². The first-order valence-corrected chi connectivity index (χ1v) is 5.93. The number of Topliss-reactive ketones (excluding diaryl/α,β-unsaturated/α-hetero) is 1. The highest BCUT2D eigenvalue weighted by Gasteiger charge is 2.34. The van der Waals surface area contributed by atoms with Crippen LogP contribution in [0.5, 0.6) is 0 Å². The number of carboxylic acid groups (broad SMARTS) is 1. The molecule has 0 radical (unpaired) electrons. The lowest BCUT2D eigenvalue weighted by molar-refractivity contribution is -0.133. The summed E-state index contributed by atoms with van der Waals surface area (Å²) in [5.41, 5.74) is 0.177. The maximum Gasteiger partial charge on any atom is 0.404 e. The summed E-state index contributed by atoms with van der Waals surface area (Å²) in [4.78, 5) is 22.0. The molecule has 19 heavy (non-hydrogen) atoms. The van der Waals surface area contributed by atoms with Crippen LogP contribution >= 0.6 is 11.6 Å². The number of benzene rings is 1. The van der Waals surface area contributed by atoms with E-state index < -0.39 is 24.1 Å². The molecule has 2 N–H and O–H groups in total. The fourth-order valence-corrected chi connectivity index (χ4v) is 2.19. The lowest BCUT2D eigenvalue weighted by atomic mass is 9.95. The van der Waals surface area contributed by atoms with Crippen molar-refractivity contribution in [3.05, 3.63) is 34.6 Å². The summed E-state index contributed by atoms with van der Waals surface area (Å²) in [6.07, 6.45) is -2.16. The molecule has 1 fully saturated rings. The molecule has 1 aliphatic rings. The predicted molar refractivity (Wildman–Crippen MR) is 64.7 cm³/mol. The van der Waals surface area contributed by atoms with Crippen molar-refractivity contribution in [3.63, 3.8) is 0 Å². The van der Waals surface area contributed by atoms with Crippen molar-refractivity contribution in [2.45, 2.75) is 18.6 Å². The van der Waals surface area contributed by atoms with E-state index in [2.05, 4.69) is 5.32 Å². The minimum absolute atomic E-state index is 0.0287. The van der Waals surface area contributed by atoms with Crippen molar-refractivity contribution in [1.29, 1.82) is 0 Å². The fourth-order valence-electron chi connectivity index (χ4n) is 2.03. The van der Waals surface area contributed by atoms with Crippen molar-refractivity contribution >= 4 is 23.5 Å². The quantitative estimate of drug-likeness (QED) is 0.874. The standard InChI is InChI=1S/C12H11ClFNO4/c13-6-1-2-8(9(14)3-6)11-10(15-12(17)18)4-7(16)5-19-11/h1-3,10-11,15H,4-5H2,(H,17,18)/t10-,11+/m0/s1. The molecule has 7 heteroatoms.